The molecule has 0 aromatic heterocycles. The van der Waals surface area contributed by atoms with E-state index >= 15 is 0 Å². The predicted molar refractivity (Wildman–Crippen MR) is 398 cm³/mol. The molecule has 93 heavy (non-hydrogen) atoms. The van der Waals surface area contributed by atoms with E-state index in [4.69, 9.17) is 18.9 Å². The standard InChI is InChI=1S/C84H141NO8/c1-6-8-10-12-14-16-18-20-22-24-26-28-30-32-34-36-38-39-40-41-42-43-45-47-49-51-53-55-57-59-61-63-65-67-69-71-73-75-82(87)93-80(79-92-84(83(88)89)90-77-76-85(3,4)5)78-91-81(86)74-72-70-68-66-64-62-60-58-56-54-52-50-48-46-44-37-35-33-31-29-27-25-23-21-19-17-15-13-11-9-7-2/h8-11,14-17,20-23,26-29,32-35,38-39,41-42,80,84H,6-7,12-13,18-19,24-25,30-31,36-37,40,43-79H2,1-5H3/b10-8-,11-9-,16-14-,17-15-,22-20-,23-21-,28-26-,29-27-,34-32-,35-33-,39-38-,42-41-. The van der Waals surface area contributed by atoms with Crippen LogP contribution in [-0.4, -0.2) is 82.3 Å². The highest BCUT2D eigenvalue weighted by molar-refractivity contribution is 5.70. The number of unbranched alkanes of at least 4 members (excludes halogenated alkanes) is 30. The van der Waals surface area contributed by atoms with Crippen LogP contribution in [0.15, 0.2) is 146 Å². The largest absolute Gasteiger partial charge is 0.545 e. The highest BCUT2D eigenvalue weighted by Crippen LogP contribution is 2.18. The number of esters is 2. The minimum atomic E-state index is -1.63. The summed E-state index contributed by atoms with van der Waals surface area (Å²) in [4.78, 5) is 37.6. The van der Waals surface area contributed by atoms with Crippen LogP contribution in [0.5, 0.6) is 0 Å². The number of rotatable bonds is 69. The van der Waals surface area contributed by atoms with E-state index in [9.17, 15) is 19.5 Å². The monoisotopic (exact) mass is 1290 g/mol. The summed E-state index contributed by atoms with van der Waals surface area (Å²) >= 11 is 0. The van der Waals surface area contributed by atoms with E-state index in [-0.39, 0.29) is 38.6 Å². The fourth-order valence-corrected chi connectivity index (χ4v) is 10.4. The van der Waals surface area contributed by atoms with Gasteiger partial charge in [-0.15, -0.1) is 0 Å². The molecule has 0 aliphatic rings. The summed E-state index contributed by atoms with van der Waals surface area (Å²) in [6, 6.07) is 0. The van der Waals surface area contributed by atoms with Gasteiger partial charge in [0.15, 0.2) is 12.4 Å². The van der Waals surface area contributed by atoms with Crippen LogP contribution < -0.4 is 5.11 Å². The van der Waals surface area contributed by atoms with Crippen molar-refractivity contribution in [1.29, 1.82) is 0 Å². The quantitative estimate of drug-likeness (QED) is 0.0195. The number of carboxylic acids is 1. The Morgan fingerprint density at radius 1 is 0.323 bits per heavy atom. The van der Waals surface area contributed by atoms with Gasteiger partial charge in [0.1, 0.15) is 13.2 Å². The average molecular weight is 1290 g/mol. The molecule has 0 fully saturated rings. The summed E-state index contributed by atoms with van der Waals surface area (Å²) in [6.45, 7) is 4.54. The van der Waals surface area contributed by atoms with Crippen LogP contribution in [0.4, 0.5) is 0 Å². The highest BCUT2D eigenvalue weighted by Gasteiger charge is 2.22. The number of carboxylic acid groups (broad SMARTS) is 1. The molecule has 0 aliphatic heterocycles. The molecule has 0 saturated heterocycles. The molecule has 0 aliphatic carbocycles. The Morgan fingerprint density at radius 3 is 0.860 bits per heavy atom. The zero-order valence-electron chi connectivity index (χ0n) is 60.6. The lowest BCUT2D eigenvalue weighted by molar-refractivity contribution is -0.870. The summed E-state index contributed by atoms with van der Waals surface area (Å²) in [5, 5.41) is 11.9. The number of hydrogen-bond donors (Lipinski definition) is 0. The Bertz CT molecular complexity index is 2040. The summed E-state index contributed by atoms with van der Waals surface area (Å²) in [5.74, 6) is -2.28. The van der Waals surface area contributed by atoms with E-state index in [0.29, 0.717) is 17.4 Å². The van der Waals surface area contributed by atoms with E-state index in [1.165, 1.54) is 161 Å². The lowest BCUT2D eigenvalue weighted by Gasteiger charge is -2.26. The van der Waals surface area contributed by atoms with Crippen LogP contribution in [0, 0.1) is 0 Å². The molecule has 530 valence electrons. The first-order chi connectivity index (χ1) is 45.6. The Balaban J connectivity index is 4.08. The van der Waals surface area contributed by atoms with Crippen molar-refractivity contribution in [3.8, 4) is 0 Å². The van der Waals surface area contributed by atoms with Crippen molar-refractivity contribution in [1.82, 2.24) is 0 Å². The van der Waals surface area contributed by atoms with Gasteiger partial charge in [-0.1, -0.05) is 327 Å². The van der Waals surface area contributed by atoms with Crippen molar-refractivity contribution in [2.75, 3.05) is 47.5 Å². The van der Waals surface area contributed by atoms with E-state index in [0.717, 1.165) is 116 Å². The van der Waals surface area contributed by atoms with Crippen LogP contribution in [0.25, 0.3) is 0 Å². The van der Waals surface area contributed by atoms with E-state index in [2.05, 4.69) is 160 Å². The number of carbonyl (C=O) groups is 3. The molecular formula is C84H141NO8. The Kier molecular flexibility index (Phi) is 69.2. The van der Waals surface area contributed by atoms with Crippen LogP contribution in [0.3, 0.4) is 0 Å². The van der Waals surface area contributed by atoms with Gasteiger partial charge in [-0.05, 0) is 116 Å². The zero-order chi connectivity index (χ0) is 67.5. The van der Waals surface area contributed by atoms with Gasteiger partial charge in [0.2, 0.25) is 0 Å². The smallest absolute Gasteiger partial charge is 0.306 e. The maximum absolute atomic E-state index is 13.0. The van der Waals surface area contributed by atoms with Crippen LogP contribution >= 0.6 is 0 Å². The van der Waals surface area contributed by atoms with Crippen molar-refractivity contribution in [3.63, 3.8) is 0 Å². The van der Waals surface area contributed by atoms with Crippen LogP contribution in [-0.2, 0) is 33.3 Å². The Morgan fingerprint density at radius 2 is 0.581 bits per heavy atom. The Hall–Kier alpha value is -4.83. The number of carbonyl (C=O) groups excluding carboxylic acids is 3. The molecule has 0 amide bonds. The number of aliphatic carboxylic acids is 1. The summed E-state index contributed by atoms with van der Waals surface area (Å²) in [7, 11) is 5.93. The van der Waals surface area contributed by atoms with Crippen LogP contribution in [0.1, 0.15) is 309 Å². The van der Waals surface area contributed by atoms with E-state index < -0.39 is 24.3 Å². The molecule has 0 spiro atoms. The predicted octanol–water partition coefficient (Wildman–Crippen LogP) is 22.9. The third kappa shape index (κ3) is 74.4. The van der Waals surface area contributed by atoms with Crippen molar-refractivity contribution >= 4 is 17.9 Å². The first-order valence-electron chi connectivity index (χ1n) is 38.0. The normalized spacial score (nSPS) is 13.5. The SMILES string of the molecule is CC/C=C\C/C=C\C/C=C\C/C=C\C/C=C\C/C=C\C/C=C\CCCCCCCCCCCCCCCCCC(=O)OC(COC(=O)CCCCCCCCCCCCCCCCC/C=C\C/C=C\C/C=C\C/C=C\C/C=C\CC)COC(OCC[N+](C)(C)C)C(=O)[O-]. The second-order valence-corrected chi connectivity index (χ2v) is 26.2. The molecule has 0 aromatic rings. The van der Waals surface area contributed by atoms with Crippen molar-refractivity contribution < 1.29 is 42.9 Å². The highest BCUT2D eigenvalue weighted by atomic mass is 16.7. The molecule has 0 rings (SSSR count). The molecular weight excluding hydrogens is 1150 g/mol. The van der Waals surface area contributed by atoms with Gasteiger partial charge >= 0.3 is 11.9 Å². The van der Waals surface area contributed by atoms with Gasteiger partial charge in [0, 0.05) is 12.8 Å². The van der Waals surface area contributed by atoms with Gasteiger partial charge in [-0.3, -0.25) is 9.59 Å². The summed E-state index contributed by atoms with van der Waals surface area (Å²) in [6.07, 6.45) is 104. The molecule has 0 bridgehead atoms. The van der Waals surface area contributed by atoms with Gasteiger partial charge in [-0.25, -0.2) is 0 Å². The van der Waals surface area contributed by atoms with Crippen molar-refractivity contribution in [2.24, 2.45) is 0 Å². The lowest BCUT2D eigenvalue weighted by atomic mass is 10.0. The molecule has 0 heterocycles. The minimum absolute atomic E-state index is 0.143. The van der Waals surface area contributed by atoms with Gasteiger partial charge in [-0.2, -0.15) is 0 Å². The Labute approximate surface area is 572 Å². The molecule has 9 nitrogen and oxygen atoms in total. The fourth-order valence-electron chi connectivity index (χ4n) is 10.4. The molecule has 0 N–H and O–H groups in total. The van der Waals surface area contributed by atoms with Gasteiger partial charge < -0.3 is 33.3 Å². The van der Waals surface area contributed by atoms with Gasteiger partial charge in [0.25, 0.3) is 0 Å². The summed E-state index contributed by atoms with van der Waals surface area (Å²) < 4.78 is 22.8. The van der Waals surface area contributed by atoms with E-state index in [1.807, 2.05) is 21.1 Å². The second-order valence-electron chi connectivity index (χ2n) is 26.2. The summed E-state index contributed by atoms with van der Waals surface area (Å²) in [5.41, 5.74) is 0. The third-order valence-electron chi connectivity index (χ3n) is 16.1. The van der Waals surface area contributed by atoms with Gasteiger partial charge in [0.05, 0.1) is 40.3 Å². The maximum atomic E-state index is 13.0. The van der Waals surface area contributed by atoms with Crippen LogP contribution in [0.2, 0.25) is 0 Å². The molecule has 9 heteroatoms. The molecule has 0 saturated carbocycles. The second kappa shape index (κ2) is 73.0. The number of likely N-dealkylation sites (N-methyl/N-ethyl adjacent to an activating group) is 1. The lowest BCUT2D eigenvalue weighted by Crippen LogP contribution is -2.44. The molecule has 0 aromatic carbocycles. The van der Waals surface area contributed by atoms with Crippen molar-refractivity contribution in [3.05, 3.63) is 146 Å². The zero-order valence-corrected chi connectivity index (χ0v) is 60.6. The first-order valence-corrected chi connectivity index (χ1v) is 38.0. The molecule has 0 radical (unpaired) electrons. The third-order valence-corrected chi connectivity index (χ3v) is 16.1. The number of hydrogen-bond acceptors (Lipinski definition) is 8. The topological polar surface area (TPSA) is 111 Å². The minimum Gasteiger partial charge on any atom is -0.545 e. The average Bonchev–Trinajstić information content (AvgIpc) is 3.73. The number of allylic oxidation sites excluding steroid dienone is 24. The van der Waals surface area contributed by atoms with Crippen molar-refractivity contribution in [2.45, 2.75) is 322 Å². The number of nitrogens with zero attached hydrogens (tertiary/aromatic N) is 1. The number of quaternary nitrogens is 1. The number of ether oxygens (including phenoxy) is 4. The fraction of sp³-hybridized carbons (Fsp3) is 0.679. The molecule has 2 atom stereocenters. The van der Waals surface area contributed by atoms with E-state index in [1.54, 1.807) is 0 Å². The maximum Gasteiger partial charge on any atom is 0.306 e. The first kappa shape index (κ1) is 88.2. The molecule has 2 unspecified atom stereocenters.